The van der Waals surface area contributed by atoms with Crippen molar-refractivity contribution in [2.45, 2.75) is 72.3 Å². The highest BCUT2D eigenvalue weighted by molar-refractivity contribution is 5.88. The second-order valence-electron chi connectivity index (χ2n) is 6.45. The lowest BCUT2D eigenvalue weighted by molar-refractivity contribution is -0.128. The maximum absolute atomic E-state index is 12.3. The second-order valence-corrected chi connectivity index (χ2v) is 6.45. The predicted octanol–water partition coefficient (Wildman–Crippen LogP) is 3.55. The molecule has 0 bridgehead atoms. The largest absolute Gasteiger partial charge is 0.308 e. The highest BCUT2D eigenvalue weighted by atomic mass is 16.1. The van der Waals surface area contributed by atoms with Gasteiger partial charge in [-0.25, -0.2) is 0 Å². The molecule has 100 valence electrons. The van der Waals surface area contributed by atoms with Gasteiger partial charge in [-0.15, -0.1) is 0 Å². The van der Waals surface area contributed by atoms with E-state index in [-0.39, 0.29) is 11.5 Å². The van der Waals surface area contributed by atoms with Crippen LogP contribution in [-0.2, 0) is 4.79 Å². The first kappa shape index (κ1) is 14.7. The van der Waals surface area contributed by atoms with E-state index in [2.05, 4.69) is 12.2 Å². The molecule has 17 heavy (non-hydrogen) atoms. The Morgan fingerprint density at radius 2 is 1.88 bits per heavy atom. The van der Waals surface area contributed by atoms with Crippen molar-refractivity contribution < 1.29 is 4.79 Å². The first-order chi connectivity index (χ1) is 7.95. The van der Waals surface area contributed by atoms with Crippen LogP contribution in [0.4, 0.5) is 0 Å². The van der Waals surface area contributed by atoms with Gasteiger partial charge in [0, 0.05) is 5.41 Å². The summed E-state index contributed by atoms with van der Waals surface area (Å²) in [6.07, 6.45) is 7.78. The third-order valence-corrected chi connectivity index (χ3v) is 3.84. The molecule has 0 heterocycles. The van der Waals surface area contributed by atoms with Crippen LogP contribution in [0, 0.1) is 11.3 Å². The Labute approximate surface area is 107 Å². The van der Waals surface area contributed by atoms with Gasteiger partial charge in [0.25, 0.3) is 0 Å². The smallest absolute Gasteiger partial charge is 0.155 e. The van der Waals surface area contributed by atoms with E-state index in [9.17, 15) is 4.79 Å². The molecule has 0 amide bonds. The van der Waals surface area contributed by atoms with Gasteiger partial charge in [-0.3, -0.25) is 4.79 Å². The Hall–Kier alpha value is -0.370. The predicted molar refractivity (Wildman–Crippen MR) is 73.1 cm³/mol. The summed E-state index contributed by atoms with van der Waals surface area (Å²) in [7, 11) is 0. The number of hydrogen-bond acceptors (Lipinski definition) is 2. The van der Waals surface area contributed by atoms with E-state index in [0.717, 1.165) is 18.9 Å². The molecule has 0 aromatic rings. The molecule has 0 aromatic heterocycles. The lowest BCUT2D eigenvalue weighted by Gasteiger charge is -2.26. The van der Waals surface area contributed by atoms with Crippen LogP contribution >= 0.6 is 0 Å². The molecule has 0 spiro atoms. The molecular formula is C15H29NO. The van der Waals surface area contributed by atoms with Crippen molar-refractivity contribution >= 4 is 5.78 Å². The van der Waals surface area contributed by atoms with E-state index in [1.807, 2.05) is 20.8 Å². The number of ketones is 1. The molecule has 2 nitrogen and oxygen atoms in total. The molecular weight excluding hydrogens is 210 g/mol. The molecule has 1 aliphatic carbocycles. The van der Waals surface area contributed by atoms with Gasteiger partial charge in [-0.2, -0.15) is 0 Å². The fourth-order valence-corrected chi connectivity index (χ4v) is 2.80. The molecule has 2 heteroatoms. The summed E-state index contributed by atoms with van der Waals surface area (Å²) in [4.78, 5) is 12.3. The van der Waals surface area contributed by atoms with Gasteiger partial charge in [0.1, 0.15) is 0 Å². The number of Topliss-reactive ketones (excluding diaryl/α,β-unsaturated/α-hetero) is 1. The number of likely N-dealkylation sites (N-methyl/N-ethyl adjacent to an activating group) is 1. The van der Waals surface area contributed by atoms with E-state index in [1.165, 1.54) is 32.1 Å². The molecule has 0 aromatic carbocycles. The highest BCUT2D eigenvalue weighted by Crippen LogP contribution is 2.30. The monoisotopic (exact) mass is 239 g/mol. The normalized spacial score (nSPS) is 19.5. The van der Waals surface area contributed by atoms with E-state index in [4.69, 9.17) is 0 Å². The van der Waals surface area contributed by atoms with Crippen molar-refractivity contribution in [2.75, 3.05) is 6.54 Å². The third kappa shape index (κ3) is 4.79. The van der Waals surface area contributed by atoms with Gasteiger partial charge in [-0.1, -0.05) is 53.4 Å². The van der Waals surface area contributed by atoms with Gasteiger partial charge in [0.05, 0.1) is 6.04 Å². The first-order valence-corrected chi connectivity index (χ1v) is 7.23. The zero-order valence-corrected chi connectivity index (χ0v) is 12.0. The molecule has 1 N–H and O–H groups in total. The van der Waals surface area contributed by atoms with Gasteiger partial charge in [0.2, 0.25) is 0 Å². The summed E-state index contributed by atoms with van der Waals surface area (Å²) in [5.41, 5.74) is -0.220. The molecule has 1 saturated carbocycles. The molecule has 1 fully saturated rings. The maximum atomic E-state index is 12.3. The molecule has 1 atom stereocenters. The number of carbonyl (C=O) groups is 1. The van der Waals surface area contributed by atoms with Crippen LogP contribution in [0.3, 0.4) is 0 Å². The summed E-state index contributed by atoms with van der Waals surface area (Å²) in [6, 6.07) is 0.0700. The number of nitrogens with one attached hydrogen (secondary N) is 1. The van der Waals surface area contributed by atoms with E-state index in [1.54, 1.807) is 0 Å². The van der Waals surface area contributed by atoms with Gasteiger partial charge in [0.15, 0.2) is 5.78 Å². The fourth-order valence-electron chi connectivity index (χ4n) is 2.80. The summed E-state index contributed by atoms with van der Waals surface area (Å²) in [5, 5.41) is 3.36. The minimum atomic E-state index is -0.220. The quantitative estimate of drug-likeness (QED) is 0.768. The van der Waals surface area contributed by atoms with Crippen molar-refractivity contribution in [3.8, 4) is 0 Å². The van der Waals surface area contributed by atoms with Gasteiger partial charge in [-0.05, 0) is 25.3 Å². The van der Waals surface area contributed by atoms with Crippen LogP contribution in [0.5, 0.6) is 0 Å². The SMILES string of the molecule is CCNC(CCC1CCCC1)C(=O)C(C)(C)C. The van der Waals surface area contributed by atoms with E-state index >= 15 is 0 Å². The minimum Gasteiger partial charge on any atom is -0.308 e. The zero-order chi connectivity index (χ0) is 12.9. The van der Waals surface area contributed by atoms with Crippen LogP contribution in [0.25, 0.3) is 0 Å². The Bertz CT molecular complexity index is 236. The van der Waals surface area contributed by atoms with Crippen molar-refractivity contribution in [3.05, 3.63) is 0 Å². The molecule has 0 radical (unpaired) electrons. The highest BCUT2D eigenvalue weighted by Gasteiger charge is 2.29. The third-order valence-electron chi connectivity index (χ3n) is 3.84. The standard InChI is InChI=1S/C15H29NO/c1-5-16-13(14(17)15(2,3)4)11-10-12-8-6-7-9-12/h12-13,16H,5-11H2,1-4H3. The van der Waals surface area contributed by atoms with Gasteiger partial charge < -0.3 is 5.32 Å². The Kier molecular flexibility index (Phi) is 5.64. The number of rotatable bonds is 6. The molecule has 0 aliphatic heterocycles. The average molecular weight is 239 g/mol. The van der Waals surface area contributed by atoms with Crippen LogP contribution in [0.1, 0.15) is 66.2 Å². The summed E-state index contributed by atoms with van der Waals surface area (Å²) in [6.45, 7) is 9.04. The maximum Gasteiger partial charge on any atom is 0.155 e. The van der Waals surface area contributed by atoms with Crippen molar-refractivity contribution in [1.29, 1.82) is 0 Å². The van der Waals surface area contributed by atoms with Crippen LogP contribution < -0.4 is 5.32 Å². The Balaban J connectivity index is 2.44. The lowest BCUT2D eigenvalue weighted by Crippen LogP contribution is -2.43. The van der Waals surface area contributed by atoms with Crippen molar-refractivity contribution in [3.63, 3.8) is 0 Å². The van der Waals surface area contributed by atoms with Crippen molar-refractivity contribution in [2.24, 2.45) is 11.3 Å². The fraction of sp³-hybridized carbons (Fsp3) is 0.933. The van der Waals surface area contributed by atoms with Crippen molar-refractivity contribution in [1.82, 2.24) is 5.32 Å². The molecule has 1 aliphatic rings. The average Bonchev–Trinajstić information content (AvgIpc) is 2.74. The van der Waals surface area contributed by atoms with Gasteiger partial charge >= 0.3 is 0 Å². The minimum absolute atomic E-state index is 0.0700. The second kappa shape index (κ2) is 6.53. The van der Waals surface area contributed by atoms with Crippen LogP contribution in [-0.4, -0.2) is 18.4 Å². The molecule has 1 rings (SSSR count). The Morgan fingerprint density at radius 3 is 2.35 bits per heavy atom. The number of hydrogen-bond donors (Lipinski definition) is 1. The first-order valence-electron chi connectivity index (χ1n) is 7.23. The number of carbonyl (C=O) groups excluding carboxylic acids is 1. The summed E-state index contributed by atoms with van der Waals surface area (Å²) >= 11 is 0. The lowest BCUT2D eigenvalue weighted by atomic mass is 9.83. The topological polar surface area (TPSA) is 29.1 Å². The summed E-state index contributed by atoms with van der Waals surface area (Å²) < 4.78 is 0. The van der Waals surface area contributed by atoms with E-state index in [0.29, 0.717) is 5.78 Å². The van der Waals surface area contributed by atoms with E-state index < -0.39 is 0 Å². The Morgan fingerprint density at radius 1 is 1.29 bits per heavy atom. The molecule has 1 unspecified atom stereocenters. The zero-order valence-electron chi connectivity index (χ0n) is 12.0. The van der Waals surface area contributed by atoms with Crippen LogP contribution in [0.2, 0.25) is 0 Å². The van der Waals surface area contributed by atoms with Crippen LogP contribution in [0.15, 0.2) is 0 Å². The molecule has 0 saturated heterocycles. The summed E-state index contributed by atoms with van der Waals surface area (Å²) in [5.74, 6) is 1.25.